The maximum Gasteiger partial charge on any atom is 0.250 e. The Morgan fingerprint density at radius 2 is 2.00 bits per heavy atom. The molecule has 0 aliphatic rings. The first kappa shape index (κ1) is 21.1. The van der Waals surface area contributed by atoms with Crippen molar-refractivity contribution in [1.82, 2.24) is 20.2 Å². The van der Waals surface area contributed by atoms with E-state index in [2.05, 4.69) is 46.7 Å². The minimum Gasteiger partial charge on any atom is -0.305 e. The molecule has 3 aromatic rings. The van der Waals surface area contributed by atoms with Gasteiger partial charge in [0.1, 0.15) is 0 Å². The molecule has 0 aliphatic carbocycles. The summed E-state index contributed by atoms with van der Waals surface area (Å²) in [6.45, 7) is 4.30. The monoisotopic (exact) mass is 427 g/mol. The molecule has 150 valence electrons. The highest BCUT2D eigenvalue weighted by atomic mass is 35.5. The predicted molar refractivity (Wildman–Crippen MR) is 118 cm³/mol. The minimum absolute atomic E-state index is 0.186. The molecule has 1 amide bonds. The lowest BCUT2D eigenvalue weighted by atomic mass is 10.0. The average Bonchev–Trinajstić information content (AvgIpc) is 3.07. The zero-order chi connectivity index (χ0) is 20.8. The maximum absolute atomic E-state index is 12.1. The third-order valence-corrected chi connectivity index (χ3v) is 5.51. The summed E-state index contributed by atoms with van der Waals surface area (Å²) >= 11 is 7.34. The van der Waals surface area contributed by atoms with Crippen LogP contribution in [-0.2, 0) is 11.8 Å². The van der Waals surface area contributed by atoms with E-state index in [1.165, 1.54) is 17.3 Å². The van der Waals surface area contributed by atoms with E-state index in [0.29, 0.717) is 21.9 Å². The summed E-state index contributed by atoms with van der Waals surface area (Å²) in [7, 11) is 1.86. The highest BCUT2D eigenvalue weighted by Crippen LogP contribution is 2.24. The van der Waals surface area contributed by atoms with Crippen LogP contribution in [0.2, 0.25) is 5.02 Å². The normalized spacial score (nSPS) is 11.3. The van der Waals surface area contributed by atoms with Crippen molar-refractivity contribution in [2.24, 2.45) is 12.1 Å². The number of benzene rings is 2. The quantitative estimate of drug-likeness (QED) is 0.342. The third-order valence-electron chi connectivity index (χ3n) is 4.26. The topological polar surface area (TPSA) is 72.2 Å². The summed E-state index contributed by atoms with van der Waals surface area (Å²) in [5, 5.41) is 13.7. The molecule has 3 rings (SSSR count). The van der Waals surface area contributed by atoms with Crippen molar-refractivity contribution in [2.75, 3.05) is 5.75 Å². The van der Waals surface area contributed by atoms with E-state index in [4.69, 9.17) is 11.6 Å². The Morgan fingerprint density at radius 1 is 1.24 bits per heavy atom. The SMILES string of the molecule is CC(C)c1ccc(C=NNC(=O)CSc2nnc(-c3cccc(Cl)c3)n2C)cc1. The van der Waals surface area contributed by atoms with Crippen LogP contribution in [0.25, 0.3) is 11.4 Å². The molecule has 0 spiro atoms. The van der Waals surface area contributed by atoms with Crippen molar-refractivity contribution in [3.8, 4) is 11.4 Å². The third kappa shape index (κ3) is 5.68. The fourth-order valence-corrected chi connectivity index (χ4v) is 3.52. The van der Waals surface area contributed by atoms with Gasteiger partial charge in [0.05, 0.1) is 12.0 Å². The number of thioether (sulfide) groups is 1. The maximum atomic E-state index is 12.1. The van der Waals surface area contributed by atoms with Gasteiger partial charge in [-0.2, -0.15) is 5.10 Å². The lowest BCUT2D eigenvalue weighted by molar-refractivity contribution is -0.118. The number of rotatable bonds is 7. The number of nitrogens with one attached hydrogen (secondary N) is 1. The Balaban J connectivity index is 1.53. The smallest absolute Gasteiger partial charge is 0.250 e. The van der Waals surface area contributed by atoms with Crippen LogP contribution in [0.4, 0.5) is 0 Å². The molecule has 0 saturated carbocycles. The molecule has 0 unspecified atom stereocenters. The van der Waals surface area contributed by atoms with Crippen molar-refractivity contribution in [2.45, 2.75) is 24.9 Å². The van der Waals surface area contributed by atoms with Crippen molar-refractivity contribution in [3.63, 3.8) is 0 Å². The van der Waals surface area contributed by atoms with Gasteiger partial charge >= 0.3 is 0 Å². The van der Waals surface area contributed by atoms with Gasteiger partial charge < -0.3 is 4.57 Å². The van der Waals surface area contributed by atoms with E-state index in [-0.39, 0.29) is 11.7 Å². The summed E-state index contributed by atoms with van der Waals surface area (Å²) in [6, 6.07) is 15.5. The van der Waals surface area contributed by atoms with Gasteiger partial charge in [0.25, 0.3) is 5.91 Å². The molecule has 1 aromatic heterocycles. The molecule has 2 aromatic carbocycles. The van der Waals surface area contributed by atoms with Crippen LogP contribution in [0.3, 0.4) is 0 Å². The van der Waals surface area contributed by atoms with E-state index < -0.39 is 0 Å². The van der Waals surface area contributed by atoms with Gasteiger partial charge in [-0.3, -0.25) is 4.79 Å². The second-order valence-electron chi connectivity index (χ2n) is 6.78. The van der Waals surface area contributed by atoms with Gasteiger partial charge in [-0.1, -0.05) is 73.6 Å². The fraction of sp³-hybridized carbons (Fsp3) is 0.238. The molecule has 0 saturated heterocycles. The van der Waals surface area contributed by atoms with Crippen LogP contribution in [0.1, 0.15) is 30.9 Å². The highest BCUT2D eigenvalue weighted by Gasteiger charge is 2.13. The number of hydrogen-bond acceptors (Lipinski definition) is 5. The van der Waals surface area contributed by atoms with Gasteiger partial charge in [-0.05, 0) is 29.2 Å². The van der Waals surface area contributed by atoms with Crippen molar-refractivity contribution < 1.29 is 4.79 Å². The molecule has 0 atom stereocenters. The van der Waals surface area contributed by atoms with Gasteiger partial charge in [0, 0.05) is 17.6 Å². The fourth-order valence-electron chi connectivity index (χ4n) is 2.63. The van der Waals surface area contributed by atoms with E-state index in [0.717, 1.165) is 11.1 Å². The van der Waals surface area contributed by atoms with E-state index in [9.17, 15) is 4.79 Å². The number of halogens is 1. The summed E-state index contributed by atoms with van der Waals surface area (Å²) < 4.78 is 1.84. The van der Waals surface area contributed by atoms with Crippen LogP contribution >= 0.6 is 23.4 Å². The van der Waals surface area contributed by atoms with Crippen molar-refractivity contribution >= 4 is 35.5 Å². The molecule has 0 fully saturated rings. The molecule has 0 bridgehead atoms. The first-order valence-electron chi connectivity index (χ1n) is 9.14. The second-order valence-corrected chi connectivity index (χ2v) is 8.16. The Hall–Kier alpha value is -2.64. The molecule has 1 N–H and O–H groups in total. The van der Waals surface area contributed by atoms with Crippen LogP contribution < -0.4 is 5.43 Å². The van der Waals surface area contributed by atoms with Crippen LogP contribution in [0.5, 0.6) is 0 Å². The van der Waals surface area contributed by atoms with Crippen LogP contribution in [0.15, 0.2) is 58.8 Å². The van der Waals surface area contributed by atoms with Crippen LogP contribution in [0, 0.1) is 0 Å². The highest BCUT2D eigenvalue weighted by molar-refractivity contribution is 7.99. The van der Waals surface area contributed by atoms with Crippen LogP contribution in [-0.4, -0.2) is 32.6 Å². The number of amides is 1. The summed E-state index contributed by atoms with van der Waals surface area (Å²) in [6.07, 6.45) is 1.63. The zero-order valence-electron chi connectivity index (χ0n) is 16.5. The van der Waals surface area contributed by atoms with Gasteiger partial charge in [0.15, 0.2) is 11.0 Å². The molecular formula is C21H22ClN5OS. The molecule has 6 nitrogen and oxygen atoms in total. The number of carbonyl (C=O) groups is 1. The Labute approximate surface area is 179 Å². The standard InChI is InChI=1S/C21H22ClN5OS/c1-14(2)16-9-7-15(8-10-16)12-23-24-19(28)13-29-21-26-25-20(27(21)3)17-5-4-6-18(22)11-17/h4-12,14H,13H2,1-3H3,(H,24,28). The molecule has 0 aliphatic heterocycles. The lowest BCUT2D eigenvalue weighted by Gasteiger charge is -2.05. The Morgan fingerprint density at radius 3 is 2.69 bits per heavy atom. The molecule has 1 heterocycles. The molecule has 29 heavy (non-hydrogen) atoms. The van der Waals surface area contributed by atoms with Gasteiger partial charge in [-0.25, -0.2) is 5.43 Å². The van der Waals surface area contributed by atoms with Crippen molar-refractivity contribution in [1.29, 1.82) is 0 Å². The molecule has 8 heteroatoms. The number of hydrazone groups is 1. The minimum atomic E-state index is -0.211. The van der Waals surface area contributed by atoms with E-state index in [1.54, 1.807) is 12.3 Å². The van der Waals surface area contributed by atoms with E-state index >= 15 is 0 Å². The van der Waals surface area contributed by atoms with Crippen molar-refractivity contribution in [3.05, 3.63) is 64.7 Å². The number of carbonyl (C=O) groups excluding carboxylic acids is 1. The van der Waals surface area contributed by atoms with Gasteiger partial charge in [-0.15, -0.1) is 10.2 Å². The van der Waals surface area contributed by atoms with E-state index in [1.807, 2.05) is 41.9 Å². The first-order valence-corrected chi connectivity index (χ1v) is 10.5. The summed E-state index contributed by atoms with van der Waals surface area (Å²) in [5.74, 6) is 1.15. The number of aromatic nitrogens is 3. The first-order chi connectivity index (χ1) is 13.9. The summed E-state index contributed by atoms with van der Waals surface area (Å²) in [4.78, 5) is 12.1. The number of nitrogens with zero attached hydrogens (tertiary/aromatic N) is 4. The Kier molecular flexibility index (Phi) is 7.06. The molecular weight excluding hydrogens is 406 g/mol. The second kappa shape index (κ2) is 9.71. The summed E-state index contributed by atoms with van der Waals surface area (Å²) in [5.41, 5.74) is 5.61. The number of hydrogen-bond donors (Lipinski definition) is 1. The average molecular weight is 428 g/mol. The molecule has 0 radical (unpaired) electrons. The predicted octanol–water partition coefficient (Wildman–Crippen LogP) is 4.50. The van der Waals surface area contributed by atoms with Gasteiger partial charge in [0.2, 0.25) is 0 Å². The lowest BCUT2D eigenvalue weighted by Crippen LogP contribution is -2.19. The zero-order valence-corrected chi connectivity index (χ0v) is 18.0. The largest absolute Gasteiger partial charge is 0.305 e. The Bertz CT molecular complexity index is 1010.